The Balaban J connectivity index is 1.71. The molecule has 1 heterocycles. The minimum absolute atomic E-state index is 0.0744. The molecular formula is C19H18N2O4S. The number of rotatable bonds is 4. The van der Waals surface area contributed by atoms with Gasteiger partial charge in [-0.3, -0.25) is 9.59 Å². The molecule has 0 aliphatic carbocycles. The van der Waals surface area contributed by atoms with E-state index in [-0.39, 0.29) is 17.1 Å². The molecule has 7 heteroatoms. The number of benzene rings is 2. The molecule has 0 unspecified atom stereocenters. The van der Waals surface area contributed by atoms with Crippen molar-refractivity contribution in [2.45, 2.75) is 24.0 Å². The highest BCUT2D eigenvalue weighted by atomic mass is 32.2. The Kier molecular flexibility index (Phi) is 5.27. The molecule has 0 radical (unpaired) electrons. The lowest BCUT2D eigenvalue weighted by molar-refractivity contribution is -0.115. The van der Waals surface area contributed by atoms with Gasteiger partial charge < -0.3 is 15.4 Å². The van der Waals surface area contributed by atoms with E-state index in [2.05, 4.69) is 10.6 Å². The average molecular weight is 370 g/mol. The predicted octanol–water partition coefficient (Wildman–Crippen LogP) is 3.55. The van der Waals surface area contributed by atoms with Crippen molar-refractivity contribution < 1.29 is 19.1 Å². The summed E-state index contributed by atoms with van der Waals surface area (Å²) in [6.45, 7) is 3.89. The zero-order valence-electron chi connectivity index (χ0n) is 14.4. The van der Waals surface area contributed by atoms with Crippen LogP contribution in [-0.2, 0) is 9.53 Å². The molecule has 1 aliphatic heterocycles. The van der Waals surface area contributed by atoms with E-state index in [1.165, 1.54) is 11.8 Å². The Bertz CT molecular complexity index is 864. The fourth-order valence-electron chi connectivity index (χ4n) is 2.46. The van der Waals surface area contributed by atoms with E-state index < -0.39 is 5.97 Å². The first-order chi connectivity index (χ1) is 12.5. The number of hydrogen-bond acceptors (Lipinski definition) is 5. The lowest BCUT2D eigenvalue weighted by Gasteiger charge is -2.21. The molecule has 0 fully saturated rings. The number of carbonyl (C=O) groups is 3. The van der Waals surface area contributed by atoms with E-state index in [9.17, 15) is 14.4 Å². The molecule has 0 saturated heterocycles. The summed E-state index contributed by atoms with van der Waals surface area (Å²) in [6.07, 6.45) is 0. The number of thioether (sulfide) groups is 1. The third-order valence-electron chi connectivity index (χ3n) is 3.83. The van der Waals surface area contributed by atoms with Gasteiger partial charge in [0.2, 0.25) is 5.91 Å². The van der Waals surface area contributed by atoms with Crippen molar-refractivity contribution in [1.82, 2.24) is 0 Å². The zero-order valence-corrected chi connectivity index (χ0v) is 15.2. The topological polar surface area (TPSA) is 84.5 Å². The van der Waals surface area contributed by atoms with Gasteiger partial charge in [-0.2, -0.15) is 0 Å². The maximum Gasteiger partial charge on any atom is 0.338 e. The van der Waals surface area contributed by atoms with Gasteiger partial charge in [0.25, 0.3) is 5.91 Å². The smallest absolute Gasteiger partial charge is 0.338 e. The van der Waals surface area contributed by atoms with Crippen LogP contribution in [0.1, 0.15) is 34.6 Å². The van der Waals surface area contributed by atoms with Gasteiger partial charge in [-0.25, -0.2) is 4.79 Å². The Morgan fingerprint density at radius 1 is 1.15 bits per heavy atom. The van der Waals surface area contributed by atoms with Gasteiger partial charge in [-0.05, 0) is 56.3 Å². The molecule has 0 aromatic heterocycles. The summed E-state index contributed by atoms with van der Waals surface area (Å²) >= 11 is 1.47. The first kappa shape index (κ1) is 18.0. The van der Waals surface area contributed by atoms with Gasteiger partial charge in [-0.1, -0.05) is 0 Å². The predicted molar refractivity (Wildman–Crippen MR) is 101 cm³/mol. The maximum absolute atomic E-state index is 12.4. The zero-order chi connectivity index (χ0) is 18.7. The van der Waals surface area contributed by atoms with Crippen molar-refractivity contribution in [3.8, 4) is 0 Å². The Morgan fingerprint density at radius 3 is 2.54 bits per heavy atom. The molecule has 2 aromatic carbocycles. The fraction of sp³-hybridized carbons (Fsp3) is 0.211. The molecule has 26 heavy (non-hydrogen) atoms. The summed E-state index contributed by atoms with van der Waals surface area (Å²) in [7, 11) is 0. The molecule has 0 spiro atoms. The van der Waals surface area contributed by atoms with Crippen LogP contribution in [0.4, 0.5) is 11.4 Å². The van der Waals surface area contributed by atoms with E-state index in [4.69, 9.17) is 4.74 Å². The van der Waals surface area contributed by atoms with E-state index in [1.807, 2.05) is 13.0 Å². The van der Waals surface area contributed by atoms with Gasteiger partial charge >= 0.3 is 5.97 Å². The SMILES string of the molecule is CCOC(=O)c1ccc(NC(=O)c2ccc3c(c2)NC(=O)[C@@H](C)S3)cc1. The molecule has 2 amide bonds. The number of anilines is 2. The molecule has 134 valence electrons. The van der Waals surface area contributed by atoms with Crippen molar-refractivity contribution in [1.29, 1.82) is 0 Å². The van der Waals surface area contributed by atoms with Crippen molar-refractivity contribution in [2.24, 2.45) is 0 Å². The first-order valence-electron chi connectivity index (χ1n) is 8.18. The highest BCUT2D eigenvalue weighted by Crippen LogP contribution is 2.36. The molecule has 2 N–H and O–H groups in total. The molecule has 1 atom stereocenters. The Labute approximate surface area is 155 Å². The second-order valence-electron chi connectivity index (χ2n) is 5.71. The lowest BCUT2D eigenvalue weighted by Crippen LogP contribution is -2.26. The number of carbonyl (C=O) groups excluding carboxylic acids is 3. The number of nitrogens with one attached hydrogen (secondary N) is 2. The number of ether oxygens (including phenoxy) is 1. The van der Waals surface area contributed by atoms with E-state index in [0.29, 0.717) is 29.1 Å². The Morgan fingerprint density at radius 2 is 1.85 bits per heavy atom. The summed E-state index contributed by atoms with van der Waals surface area (Å²) in [5.74, 6) is -0.772. The van der Waals surface area contributed by atoms with Crippen molar-refractivity contribution >= 4 is 40.9 Å². The fourth-order valence-corrected chi connectivity index (χ4v) is 3.39. The van der Waals surface area contributed by atoms with Crippen molar-refractivity contribution in [3.63, 3.8) is 0 Å². The summed E-state index contributed by atoms with van der Waals surface area (Å²) < 4.78 is 4.92. The standard InChI is InChI=1S/C19H18N2O4S/c1-3-25-19(24)12-4-7-14(8-5-12)20-18(23)13-6-9-16-15(10-13)21-17(22)11(2)26-16/h4-11H,3H2,1-2H3,(H,20,23)(H,21,22)/t11-/m1/s1. The number of esters is 1. The molecule has 0 bridgehead atoms. The minimum atomic E-state index is -0.400. The summed E-state index contributed by atoms with van der Waals surface area (Å²) in [4.78, 5) is 36.8. The maximum atomic E-state index is 12.4. The van der Waals surface area contributed by atoms with Crippen LogP contribution in [0.25, 0.3) is 0 Å². The van der Waals surface area contributed by atoms with Crippen LogP contribution < -0.4 is 10.6 Å². The van der Waals surface area contributed by atoms with Crippen LogP contribution in [0, 0.1) is 0 Å². The van der Waals surface area contributed by atoms with Gasteiger partial charge in [-0.15, -0.1) is 11.8 Å². The minimum Gasteiger partial charge on any atom is -0.462 e. The Hall–Kier alpha value is -2.80. The number of hydrogen-bond donors (Lipinski definition) is 2. The van der Waals surface area contributed by atoms with Crippen LogP contribution in [0.3, 0.4) is 0 Å². The largest absolute Gasteiger partial charge is 0.462 e. The number of amides is 2. The van der Waals surface area contributed by atoms with Crippen LogP contribution >= 0.6 is 11.8 Å². The second kappa shape index (κ2) is 7.61. The van der Waals surface area contributed by atoms with Gasteiger partial charge in [0.15, 0.2) is 0 Å². The van der Waals surface area contributed by atoms with E-state index in [0.717, 1.165) is 4.90 Å². The first-order valence-corrected chi connectivity index (χ1v) is 9.06. The summed E-state index contributed by atoms with van der Waals surface area (Å²) in [5.41, 5.74) is 2.07. The third-order valence-corrected chi connectivity index (χ3v) is 5.00. The lowest BCUT2D eigenvalue weighted by atomic mass is 10.1. The van der Waals surface area contributed by atoms with E-state index in [1.54, 1.807) is 43.3 Å². The number of fused-ring (bicyclic) bond motifs is 1. The van der Waals surface area contributed by atoms with Gasteiger partial charge in [0.1, 0.15) is 0 Å². The summed E-state index contributed by atoms with van der Waals surface area (Å²) in [6, 6.07) is 11.7. The van der Waals surface area contributed by atoms with Gasteiger partial charge in [0, 0.05) is 16.1 Å². The molecule has 2 aromatic rings. The van der Waals surface area contributed by atoms with E-state index >= 15 is 0 Å². The molecule has 1 aliphatic rings. The van der Waals surface area contributed by atoms with Gasteiger partial charge in [0.05, 0.1) is 23.1 Å². The highest BCUT2D eigenvalue weighted by Gasteiger charge is 2.23. The van der Waals surface area contributed by atoms with Crippen LogP contribution in [0.2, 0.25) is 0 Å². The monoisotopic (exact) mass is 370 g/mol. The third kappa shape index (κ3) is 3.88. The highest BCUT2D eigenvalue weighted by molar-refractivity contribution is 8.00. The molecule has 0 saturated carbocycles. The van der Waals surface area contributed by atoms with Crippen LogP contribution in [-0.4, -0.2) is 29.6 Å². The van der Waals surface area contributed by atoms with Crippen molar-refractivity contribution in [2.75, 3.05) is 17.2 Å². The second-order valence-corrected chi connectivity index (χ2v) is 7.09. The average Bonchev–Trinajstić information content (AvgIpc) is 2.63. The normalized spacial score (nSPS) is 15.6. The molecule has 6 nitrogen and oxygen atoms in total. The molecular weight excluding hydrogens is 352 g/mol. The van der Waals surface area contributed by atoms with Crippen LogP contribution in [0.15, 0.2) is 47.4 Å². The van der Waals surface area contributed by atoms with Crippen LogP contribution in [0.5, 0.6) is 0 Å². The van der Waals surface area contributed by atoms with Crippen molar-refractivity contribution in [3.05, 3.63) is 53.6 Å². The molecule has 3 rings (SSSR count). The quantitative estimate of drug-likeness (QED) is 0.804. The summed E-state index contributed by atoms with van der Waals surface area (Å²) in [5, 5.41) is 5.43.